The third kappa shape index (κ3) is 4.65. The zero-order valence-electron chi connectivity index (χ0n) is 13.6. The van der Waals surface area contributed by atoms with Gasteiger partial charge in [0.15, 0.2) is 0 Å². The molecule has 26 heavy (non-hydrogen) atoms. The molecule has 2 N–H and O–H groups in total. The second kappa shape index (κ2) is 8.55. The van der Waals surface area contributed by atoms with Crippen LogP contribution >= 0.6 is 22.9 Å². The second-order valence-corrected chi connectivity index (χ2v) is 6.65. The number of anilines is 2. The van der Waals surface area contributed by atoms with Gasteiger partial charge < -0.3 is 5.32 Å². The Morgan fingerprint density at radius 1 is 0.962 bits per heavy atom. The van der Waals surface area contributed by atoms with Gasteiger partial charge in [-0.2, -0.15) is 0 Å². The molecular formula is C18H15ClN4O2S. The van der Waals surface area contributed by atoms with Crippen molar-refractivity contribution in [1.82, 2.24) is 10.2 Å². The minimum absolute atomic E-state index is 0.167. The number of hydrogen-bond donors (Lipinski definition) is 2. The van der Waals surface area contributed by atoms with Gasteiger partial charge in [-0.15, -0.1) is 21.8 Å². The van der Waals surface area contributed by atoms with Gasteiger partial charge in [-0.1, -0.05) is 41.7 Å². The highest BCUT2D eigenvalue weighted by atomic mass is 35.5. The summed E-state index contributed by atoms with van der Waals surface area (Å²) >= 11 is 6.83. The lowest BCUT2D eigenvalue weighted by Gasteiger charge is -2.05. The highest BCUT2D eigenvalue weighted by Crippen LogP contribution is 2.26. The first kappa shape index (κ1) is 18.0. The molecule has 0 fully saturated rings. The number of halogens is 1. The molecule has 2 aromatic carbocycles. The van der Waals surface area contributed by atoms with Gasteiger partial charge in [-0.25, -0.2) is 0 Å². The van der Waals surface area contributed by atoms with Gasteiger partial charge in [-0.05, 0) is 24.3 Å². The molecule has 3 rings (SSSR count). The number of rotatable bonds is 6. The molecule has 0 bridgehead atoms. The van der Waals surface area contributed by atoms with Crippen LogP contribution in [0.2, 0.25) is 0 Å². The molecule has 0 aliphatic heterocycles. The molecule has 1 aromatic heterocycles. The zero-order chi connectivity index (χ0) is 18.4. The van der Waals surface area contributed by atoms with E-state index in [9.17, 15) is 9.59 Å². The first-order valence-corrected chi connectivity index (χ1v) is 9.17. The van der Waals surface area contributed by atoms with Crippen molar-refractivity contribution in [3.8, 4) is 10.6 Å². The van der Waals surface area contributed by atoms with Crippen LogP contribution in [0, 0.1) is 0 Å². The maximum Gasteiger partial charge on any atom is 0.257 e. The number of aromatic nitrogens is 2. The van der Waals surface area contributed by atoms with E-state index < -0.39 is 0 Å². The van der Waals surface area contributed by atoms with Crippen molar-refractivity contribution in [1.29, 1.82) is 0 Å². The number of carbonyl (C=O) groups excluding carboxylic acids is 2. The summed E-state index contributed by atoms with van der Waals surface area (Å²) in [7, 11) is 0. The molecule has 0 radical (unpaired) electrons. The van der Waals surface area contributed by atoms with Gasteiger partial charge in [0.1, 0.15) is 5.01 Å². The van der Waals surface area contributed by atoms with Crippen molar-refractivity contribution in [2.75, 3.05) is 16.5 Å². The van der Waals surface area contributed by atoms with Gasteiger partial charge in [0.25, 0.3) is 5.91 Å². The molecular weight excluding hydrogens is 372 g/mol. The van der Waals surface area contributed by atoms with E-state index in [2.05, 4.69) is 20.8 Å². The second-order valence-electron chi connectivity index (χ2n) is 5.30. The summed E-state index contributed by atoms with van der Waals surface area (Å²) in [6.07, 6.45) is 0.241. The van der Waals surface area contributed by atoms with Gasteiger partial charge in [-0.3, -0.25) is 14.9 Å². The zero-order valence-corrected chi connectivity index (χ0v) is 15.2. The van der Waals surface area contributed by atoms with Crippen LogP contribution in [0.1, 0.15) is 16.8 Å². The fourth-order valence-electron chi connectivity index (χ4n) is 2.15. The normalized spacial score (nSPS) is 10.3. The van der Waals surface area contributed by atoms with Crippen LogP contribution in [0.5, 0.6) is 0 Å². The largest absolute Gasteiger partial charge is 0.326 e. The predicted molar refractivity (Wildman–Crippen MR) is 104 cm³/mol. The van der Waals surface area contributed by atoms with Crippen LogP contribution in [-0.4, -0.2) is 27.9 Å². The molecule has 6 nitrogen and oxygen atoms in total. The molecule has 0 saturated carbocycles. The Kier molecular flexibility index (Phi) is 5.93. The Morgan fingerprint density at radius 3 is 2.38 bits per heavy atom. The standard InChI is InChI=1S/C18H15ClN4O2S/c19-11-10-15(24)20-14-8-6-12(7-9-14)16(25)21-18-23-22-17(26-18)13-4-2-1-3-5-13/h1-9H,10-11H2,(H,20,24)(H,21,23,25). The Balaban J connectivity index is 1.63. The average molecular weight is 387 g/mol. The first-order chi connectivity index (χ1) is 12.7. The highest BCUT2D eigenvalue weighted by Gasteiger charge is 2.11. The topological polar surface area (TPSA) is 84.0 Å². The molecule has 8 heteroatoms. The number of benzene rings is 2. The Morgan fingerprint density at radius 2 is 1.69 bits per heavy atom. The third-order valence-corrected chi connectivity index (χ3v) is 4.50. The number of nitrogens with one attached hydrogen (secondary N) is 2. The summed E-state index contributed by atoms with van der Waals surface area (Å²) in [4.78, 5) is 23.8. The van der Waals surface area contributed by atoms with Crippen LogP contribution in [0.25, 0.3) is 10.6 Å². The maximum absolute atomic E-state index is 12.3. The molecule has 132 valence electrons. The molecule has 3 aromatic rings. The van der Waals surface area contributed by atoms with E-state index >= 15 is 0 Å². The van der Waals surface area contributed by atoms with Crippen LogP contribution in [-0.2, 0) is 4.79 Å². The molecule has 0 unspecified atom stereocenters. The van der Waals surface area contributed by atoms with Crippen molar-refractivity contribution in [2.24, 2.45) is 0 Å². The SMILES string of the molecule is O=C(CCCl)Nc1ccc(C(=O)Nc2nnc(-c3ccccc3)s2)cc1. The molecule has 1 heterocycles. The fourth-order valence-corrected chi connectivity index (χ4v) is 3.07. The number of amides is 2. The molecule has 2 amide bonds. The number of carbonyl (C=O) groups is 2. The number of hydrogen-bond acceptors (Lipinski definition) is 5. The minimum Gasteiger partial charge on any atom is -0.326 e. The van der Waals surface area contributed by atoms with Gasteiger partial charge in [0.05, 0.1) is 0 Å². The molecule has 0 atom stereocenters. The lowest BCUT2D eigenvalue weighted by Crippen LogP contribution is -2.13. The van der Waals surface area contributed by atoms with E-state index in [-0.39, 0.29) is 24.1 Å². The highest BCUT2D eigenvalue weighted by molar-refractivity contribution is 7.18. The summed E-state index contributed by atoms with van der Waals surface area (Å²) < 4.78 is 0. The van der Waals surface area contributed by atoms with E-state index in [1.807, 2.05) is 30.3 Å². The van der Waals surface area contributed by atoms with Gasteiger partial charge in [0.2, 0.25) is 11.0 Å². The van der Waals surface area contributed by atoms with Crippen LogP contribution in [0.15, 0.2) is 54.6 Å². The maximum atomic E-state index is 12.3. The fraction of sp³-hybridized carbons (Fsp3) is 0.111. The number of nitrogens with zero attached hydrogens (tertiary/aromatic N) is 2. The summed E-state index contributed by atoms with van der Waals surface area (Å²) in [5.41, 5.74) is 2.01. The van der Waals surface area contributed by atoms with Crippen molar-refractivity contribution in [3.63, 3.8) is 0 Å². The summed E-state index contributed by atoms with van der Waals surface area (Å²) in [6.45, 7) is 0. The first-order valence-electron chi connectivity index (χ1n) is 7.82. The van der Waals surface area contributed by atoms with Crippen LogP contribution in [0.4, 0.5) is 10.8 Å². The Bertz CT molecular complexity index is 897. The van der Waals surface area contributed by atoms with Crippen LogP contribution in [0.3, 0.4) is 0 Å². The predicted octanol–water partition coefficient (Wildman–Crippen LogP) is 4.02. The van der Waals surface area contributed by atoms with Crippen molar-refractivity contribution in [2.45, 2.75) is 6.42 Å². The monoisotopic (exact) mass is 386 g/mol. The quantitative estimate of drug-likeness (QED) is 0.626. The van der Waals surface area contributed by atoms with E-state index in [1.54, 1.807) is 24.3 Å². The summed E-state index contributed by atoms with van der Waals surface area (Å²) in [5, 5.41) is 14.7. The number of alkyl halides is 1. The molecule has 0 saturated heterocycles. The molecule has 0 aliphatic rings. The molecule has 0 spiro atoms. The van der Waals surface area contributed by atoms with E-state index in [4.69, 9.17) is 11.6 Å². The van der Waals surface area contributed by atoms with Gasteiger partial charge in [0, 0.05) is 29.1 Å². The third-order valence-electron chi connectivity index (χ3n) is 3.42. The van der Waals surface area contributed by atoms with E-state index in [0.29, 0.717) is 16.4 Å². The van der Waals surface area contributed by atoms with Gasteiger partial charge >= 0.3 is 0 Å². The smallest absolute Gasteiger partial charge is 0.257 e. The van der Waals surface area contributed by atoms with Crippen molar-refractivity contribution >= 4 is 45.6 Å². The van der Waals surface area contributed by atoms with E-state index in [0.717, 1.165) is 10.6 Å². The lowest BCUT2D eigenvalue weighted by molar-refractivity contribution is -0.115. The summed E-state index contributed by atoms with van der Waals surface area (Å²) in [5.74, 6) is -0.196. The van der Waals surface area contributed by atoms with E-state index in [1.165, 1.54) is 11.3 Å². The summed E-state index contributed by atoms with van der Waals surface area (Å²) in [6, 6.07) is 16.2. The van der Waals surface area contributed by atoms with Crippen LogP contribution < -0.4 is 10.6 Å². The minimum atomic E-state index is -0.292. The molecule has 0 aliphatic carbocycles. The Labute approximate surface area is 159 Å². The van der Waals surface area contributed by atoms with Crippen molar-refractivity contribution in [3.05, 3.63) is 60.2 Å². The Hall–Kier alpha value is -2.77. The average Bonchev–Trinajstić information content (AvgIpc) is 3.12. The van der Waals surface area contributed by atoms with Crippen molar-refractivity contribution < 1.29 is 9.59 Å². The lowest BCUT2D eigenvalue weighted by atomic mass is 10.2.